The molecular weight excluding hydrogens is 737 g/mol. The standard InChI is InChI=1S/C30H32N4O14S3/c31-21-10-8-18-24(17-7-6-16(15-20(17)30(38)39)29(37)33-12-3-1-2-5-23(35)36)19-9-11-22(32)28(51(45,46)47)26(19)48-25(18)27(21)50(43,44)34-13-4-14-49(40,41)42/h6-11,15,31,34H,1-5,12-14,32H2,(H,33,37)(H,35,36)(H,38,39)(H,40,41,42)(H,45,46,47)/p+1. The smallest absolute Gasteiger partial charge is 0.336 e. The van der Waals surface area contributed by atoms with E-state index in [0.29, 0.717) is 19.3 Å². The minimum absolute atomic E-state index is 0.0284. The zero-order valence-electron chi connectivity index (χ0n) is 26.4. The Morgan fingerprint density at radius 1 is 0.824 bits per heavy atom. The molecule has 1 heterocycles. The van der Waals surface area contributed by atoms with Gasteiger partial charge in [0, 0.05) is 47.7 Å². The van der Waals surface area contributed by atoms with Crippen molar-refractivity contribution in [2.24, 2.45) is 0 Å². The largest absolute Gasteiger partial charge is 0.481 e. The summed E-state index contributed by atoms with van der Waals surface area (Å²) in [6.45, 7) is -0.336. The van der Waals surface area contributed by atoms with E-state index < -0.39 is 98.1 Å². The van der Waals surface area contributed by atoms with Crippen molar-refractivity contribution in [2.75, 3.05) is 24.6 Å². The van der Waals surface area contributed by atoms with Crippen molar-refractivity contribution in [1.29, 1.82) is 0 Å². The maximum absolute atomic E-state index is 13.6. The van der Waals surface area contributed by atoms with E-state index in [2.05, 4.69) is 10.0 Å². The number of sulfonamides is 1. The highest BCUT2D eigenvalue weighted by molar-refractivity contribution is 7.89. The van der Waals surface area contributed by atoms with Crippen molar-refractivity contribution < 1.29 is 68.8 Å². The molecule has 0 spiro atoms. The summed E-state index contributed by atoms with van der Waals surface area (Å²) in [7, 11) is -14.3. The summed E-state index contributed by atoms with van der Waals surface area (Å²) in [5, 5.41) is 27.2. The number of rotatable bonds is 16. The third kappa shape index (κ3) is 9.06. The summed E-state index contributed by atoms with van der Waals surface area (Å²) in [5.41, 5.74) is 3.80. The maximum atomic E-state index is 13.6. The number of anilines is 1. The van der Waals surface area contributed by atoms with Crippen LogP contribution in [0, 0.1) is 0 Å². The van der Waals surface area contributed by atoms with Crippen molar-refractivity contribution in [3.63, 3.8) is 0 Å². The first kappa shape index (κ1) is 38.9. The molecule has 2 aliphatic rings. The minimum Gasteiger partial charge on any atom is -0.481 e. The van der Waals surface area contributed by atoms with Gasteiger partial charge in [0.2, 0.25) is 5.36 Å². The van der Waals surface area contributed by atoms with E-state index in [9.17, 15) is 49.3 Å². The predicted octanol–water partition coefficient (Wildman–Crippen LogP) is 0.323. The van der Waals surface area contributed by atoms with Crippen LogP contribution in [0.15, 0.2) is 56.7 Å². The van der Waals surface area contributed by atoms with Crippen LogP contribution in [0.25, 0.3) is 33.4 Å². The fourth-order valence-corrected chi connectivity index (χ4v) is 7.92. The Labute approximate surface area is 290 Å². The average Bonchev–Trinajstić information content (AvgIpc) is 3.01. The lowest BCUT2D eigenvalue weighted by atomic mass is 9.89. The van der Waals surface area contributed by atoms with Gasteiger partial charge in [0.15, 0.2) is 21.1 Å². The van der Waals surface area contributed by atoms with Crippen molar-refractivity contribution in [3.05, 3.63) is 58.9 Å². The first-order valence-electron chi connectivity index (χ1n) is 14.9. The third-order valence-electron chi connectivity index (χ3n) is 7.56. The molecule has 0 atom stereocenters. The molecular formula is C30H33N4O14S3+. The predicted molar refractivity (Wildman–Crippen MR) is 179 cm³/mol. The molecule has 0 saturated carbocycles. The fraction of sp³-hybridized carbons (Fsp3) is 0.267. The Morgan fingerprint density at radius 3 is 2.14 bits per heavy atom. The molecule has 0 aromatic heterocycles. The second-order valence-electron chi connectivity index (χ2n) is 11.2. The zero-order valence-corrected chi connectivity index (χ0v) is 28.9. The molecule has 0 radical (unpaired) electrons. The lowest BCUT2D eigenvalue weighted by molar-refractivity contribution is -0.176. The number of carbonyl (C=O) groups excluding carboxylic acids is 1. The van der Waals surface area contributed by atoms with E-state index in [1.165, 1.54) is 24.3 Å². The molecule has 21 heteroatoms. The molecule has 0 unspecified atom stereocenters. The number of carboxylic acids is 2. The van der Waals surface area contributed by atoms with Crippen LogP contribution >= 0.6 is 0 Å². The molecule has 51 heavy (non-hydrogen) atoms. The average molecular weight is 770 g/mol. The minimum atomic E-state index is -5.18. The monoisotopic (exact) mass is 769 g/mol. The van der Waals surface area contributed by atoms with E-state index in [1.807, 2.05) is 0 Å². The fourth-order valence-electron chi connectivity index (χ4n) is 5.33. The van der Waals surface area contributed by atoms with Gasteiger partial charge in [0.1, 0.15) is 0 Å². The molecule has 0 saturated heterocycles. The van der Waals surface area contributed by atoms with E-state index in [-0.39, 0.29) is 47.0 Å². The number of nitrogens with two attached hydrogens (primary N) is 2. The quantitative estimate of drug-likeness (QED) is 0.0329. The Bertz CT molecular complexity index is 2410. The van der Waals surface area contributed by atoms with Crippen LogP contribution in [0.3, 0.4) is 0 Å². The van der Waals surface area contributed by atoms with Crippen LogP contribution in [0.5, 0.6) is 0 Å². The number of fused-ring (bicyclic) bond motifs is 2. The Balaban J connectivity index is 1.93. The number of hydrogen-bond acceptors (Lipinski definition) is 11. The van der Waals surface area contributed by atoms with Gasteiger partial charge in [-0.3, -0.25) is 24.1 Å². The van der Waals surface area contributed by atoms with Gasteiger partial charge in [-0.2, -0.15) is 16.8 Å². The van der Waals surface area contributed by atoms with Gasteiger partial charge in [0.05, 0.1) is 17.0 Å². The number of nitrogens with one attached hydrogen (secondary N) is 2. The Morgan fingerprint density at radius 2 is 1.51 bits per heavy atom. The lowest BCUT2D eigenvalue weighted by Crippen LogP contribution is -2.49. The van der Waals surface area contributed by atoms with Crippen molar-refractivity contribution in [1.82, 2.24) is 10.0 Å². The second kappa shape index (κ2) is 15.1. The number of benzene rings is 3. The van der Waals surface area contributed by atoms with Crippen molar-refractivity contribution in [2.45, 2.75) is 41.9 Å². The Hall–Kier alpha value is -4.93. The van der Waals surface area contributed by atoms with Gasteiger partial charge in [-0.25, -0.2) is 17.9 Å². The van der Waals surface area contributed by atoms with Gasteiger partial charge in [-0.05, 0) is 55.2 Å². The number of amides is 1. The van der Waals surface area contributed by atoms with Crippen molar-refractivity contribution >= 4 is 64.8 Å². The highest BCUT2D eigenvalue weighted by Gasteiger charge is 2.33. The first-order chi connectivity index (χ1) is 23.7. The van der Waals surface area contributed by atoms with Gasteiger partial charge >= 0.3 is 11.9 Å². The molecule has 18 nitrogen and oxygen atoms in total. The Kier molecular flexibility index (Phi) is 11.5. The summed E-state index contributed by atoms with van der Waals surface area (Å²) >= 11 is 0. The summed E-state index contributed by atoms with van der Waals surface area (Å²) in [6.07, 6.45) is 0.989. The van der Waals surface area contributed by atoms with Crippen LogP contribution in [-0.2, 0) is 35.1 Å². The molecule has 2 aromatic carbocycles. The van der Waals surface area contributed by atoms with E-state index in [4.69, 9.17) is 25.2 Å². The second-order valence-corrected chi connectivity index (χ2v) is 15.9. The number of unbranched alkanes of at least 4 members (excludes halogenated alkanes) is 2. The third-order valence-corrected chi connectivity index (χ3v) is 10.8. The SMILES string of the molecule is Nc1ccc2c(-c3ccc(C(=O)NCCCCCC(=O)O)cc3C(=O)O)c3ccc(=[NH2+])c(S(=O)(=O)NCCCS(=O)(=O)O)c-3oc2c1S(=O)(=O)O. The highest BCUT2D eigenvalue weighted by Crippen LogP contribution is 2.45. The molecule has 4 rings (SSSR count). The van der Waals surface area contributed by atoms with Crippen LogP contribution in [-0.4, -0.2) is 81.3 Å². The van der Waals surface area contributed by atoms with Crippen LogP contribution in [0.4, 0.5) is 5.69 Å². The normalized spacial score (nSPS) is 12.3. The van der Waals surface area contributed by atoms with E-state index >= 15 is 0 Å². The molecule has 2 aromatic rings. The molecule has 1 aliphatic carbocycles. The van der Waals surface area contributed by atoms with Gasteiger partial charge in [0.25, 0.3) is 36.2 Å². The van der Waals surface area contributed by atoms with E-state index in [1.54, 1.807) is 0 Å². The molecule has 274 valence electrons. The summed E-state index contributed by atoms with van der Waals surface area (Å²) < 4.78 is 102. The van der Waals surface area contributed by atoms with Gasteiger partial charge in [-0.1, -0.05) is 12.5 Å². The number of carbonyl (C=O) groups is 3. The molecule has 10 N–H and O–H groups in total. The van der Waals surface area contributed by atoms with Crippen LogP contribution in [0.2, 0.25) is 0 Å². The highest BCUT2D eigenvalue weighted by atomic mass is 32.2. The number of aromatic carboxylic acids is 1. The number of carboxylic acid groups (broad SMARTS) is 2. The molecule has 1 amide bonds. The number of hydrogen-bond donors (Lipinski definition) is 8. The van der Waals surface area contributed by atoms with Crippen LogP contribution in [0.1, 0.15) is 52.8 Å². The maximum Gasteiger partial charge on any atom is 0.336 e. The molecule has 0 bridgehead atoms. The molecule has 0 fully saturated rings. The summed E-state index contributed by atoms with van der Waals surface area (Å²) in [5.74, 6) is -4.52. The summed E-state index contributed by atoms with van der Waals surface area (Å²) in [6, 6.07) is 8.34. The molecule has 1 aliphatic heterocycles. The number of aliphatic carboxylic acids is 1. The topological polar surface area (TPSA) is 323 Å². The first-order valence-corrected chi connectivity index (χ1v) is 19.5. The lowest BCUT2D eigenvalue weighted by Gasteiger charge is -2.20. The van der Waals surface area contributed by atoms with E-state index in [0.717, 1.165) is 18.2 Å². The summed E-state index contributed by atoms with van der Waals surface area (Å²) in [4.78, 5) is 34.6. The zero-order chi connectivity index (χ0) is 37.9. The van der Waals surface area contributed by atoms with Crippen molar-refractivity contribution in [3.8, 4) is 22.5 Å². The van der Waals surface area contributed by atoms with Gasteiger partial charge in [-0.15, -0.1) is 0 Å². The number of nitrogen functional groups attached to an aromatic ring is 1. The van der Waals surface area contributed by atoms with Gasteiger partial charge < -0.3 is 25.7 Å². The van der Waals surface area contributed by atoms with Crippen LogP contribution < -0.4 is 26.5 Å².